The van der Waals surface area contributed by atoms with Gasteiger partial charge < -0.3 is 0 Å². The van der Waals surface area contributed by atoms with E-state index >= 15 is 0 Å². The van der Waals surface area contributed by atoms with Crippen molar-refractivity contribution in [2.45, 2.75) is 43.9 Å². The van der Waals surface area contributed by atoms with Gasteiger partial charge in [0.1, 0.15) is 5.82 Å². The Hall–Kier alpha value is -1.63. The molecule has 0 saturated heterocycles. The molecule has 2 aromatic rings. The molecule has 0 aromatic heterocycles. The van der Waals surface area contributed by atoms with Crippen LogP contribution < -0.4 is 0 Å². The highest BCUT2D eigenvalue weighted by Gasteiger charge is 2.36. The number of rotatable bonds is 2. The minimum Gasteiger partial charge on any atom is -0.207 e. The molecule has 104 valence electrons. The van der Waals surface area contributed by atoms with Gasteiger partial charge in [0.2, 0.25) is 0 Å². The van der Waals surface area contributed by atoms with Crippen LogP contribution in [0.4, 0.5) is 4.39 Å². The molecule has 0 unspecified atom stereocenters. The topological polar surface area (TPSA) is 0 Å². The maximum Gasteiger partial charge on any atom is 0.127 e. The van der Waals surface area contributed by atoms with Gasteiger partial charge in [0.05, 0.1) is 0 Å². The lowest BCUT2D eigenvalue weighted by Crippen LogP contribution is -2.28. The molecular formula is C19H21F. The molecule has 2 aromatic carbocycles. The Balaban J connectivity index is 2.15. The highest BCUT2D eigenvalue weighted by molar-refractivity contribution is 5.40. The van der Waals surface area contributed by atoms with Crippen LogP contribution in [-0.2, 0) is 5.41 Å². The maximum absolute atomic E-state index is 14.4. The van der Waals surface area contributed by atoms with Gasteiger partial charge in [-0.05, 0) is 30.0 Å². The highest BCUT2D eigenvalue weighted by atomic mass is 19.1. The van der Waals surface area contributed by atoms with E-state index in [0.717, 1.165) is 18.4 Å². The fourth-order valence-electron chi connectivity index (χ4n) is 3.65. The second kappa shape index (κ2) is 5.78. The highest BCUT2D eigenvalue weighted by Crippen LogP contribution is 2.44. The first kappa shape index (κ1) is 13.4. The number of benzene rings is 2. The summed E-state index contributed by atoms with van der Waals surface area (Å²) >= 11 is 0. The summed E-state index contributed by atoms with van der Waals surface area (Å²) in [5.41, 5.74) is 2.02. The smallest absolute Gasteiger partial charge is 0.127 e. The molecule has 1 saturated carbocycles. The third kappa shape index (κ3) is 2.37. The fraction of sp³-hybridized carbons (Fsp3) is 0.368. The average molecular weight is 268 g/mol. The molecule has 0 heterocycles. The monoisotopic (exact) mass is 268 g/mol. The molecule has 0 amide bonds. The second-order valence-electron chi connectivity index (χ2n) is 5.84. The third-order valence-electron chi connectivity index (χ3n) is 4.67. The fourth-order valence-corrected chi connectivity index (χ4v) is 3.65. The minimum absolute atomic E-state index is 0.0572. The molecule has 0 atom stereocenters. The first-order valence-electron chi connectivity index (χ1n) is 7.63. The molecule has 1 aliphatic carbocycles. The van der Waals surface area contributed by atoms with Crippen LogP contribution in [-0.4, -0.2) is 0 Å². The van der Waals surface area contributed by atoms with Gasteiger partial charge in [-0.25, -0.2) is 4.39 Å². The molecule has 1 heteroatoms. The van der Waals surface area contributed by atoms with E-state index in [1.54, 1.807) is 12.1 Å². The summed E-state index contributed by atoms with van der Waals surface area (Å²) in [6.45, 7) is 0. The van der Waals surface area contributed by atoms with E-state index in [2.05, 4.69) is 24.3 Å². The lowest BCUT2D eigenvalue weighted by atomic mass is 9.69. The summed E-state index contributed by atoms with van der Waals surface area (Å²) in [4.78, 5) is 0. The molecule has 0 aliphatic heterocycles. The van der Waals surface area contributed by atoms with Crippen LogP contribution in [0.5, 0.6) is 0 Å². The van der Waals surface area contributed by atoms with Crippen molar-refractivity contribution in [3.05, 3.63) is 71.5 Å². The maximum atomic E-state index is 14.4. The van der Waals surface area contributed by atoms with Crippen molar-refractivity contribution in [1.82, 2.24) is 0 Å². The summed E-state index contributed by atoms with van der Waals surface area (Å²) < 4.78 is 14.4. The molecule has 0 N–H and O–H groups in total. The van der Waals surface area contributed by atoms with Gasteiger partial charge in [0.15, 0.2) is 0 Å². The Kier molecular flexibility index (Phi) is 3.86. The number of hydrogen-bond acceptors (Lipinski definition) is 0. The van der Waals surface area contributed by atoms with Gasteiger partial charge in [0.25, 0.3) is 0 Å². The number of halogens is 1. The van der Waals surface area contributed by atoms with Crippen LogP contribution in [0.25, 0.3) is 0 Å². The van der Waals surface area contributed by atoms with E-state index in [9.17, 15) is 4.39 Å². The van der Waals surface area contributed by atoms with Crippen LogP contribution in [0.1, 0.15) is 49.7 Å². The van der Waals surface area contributed by atoms with Crippen molar-refractivity contribution in [1.29, 1.82) is 0 Å². The van der Waals surface area contributed by atoms with Gasteiger partial charge in [-0.15, -0.1) is 0 Å². The quantitative estimate of drug-likeness (QED) is 0.634. The predicted octanol–water partition coefficient (Wildman–Crippen LogP) is 5.47. The standard InChI is InChI=1S/C19H21F/c20-18-13-7-6-12-17(18)19(14-8-1-2-9-15-19)16-10-4-3-5-11-16/h3-7,10-13H,1-2,8-9,14-15H2. The van der Waals surface area contributed by atoms with E-state index in [0.29, 0.717) is 0 Å². The average Bonchev–Trinajstić information content (AvgIpc) is 2.75. The van der Waals surface area contributed by atoms with Gasteiger partial charge in [-0.3, -0.25) is 0 Å². The molecule has 0 radical (unpaired) electrons. The van der Waals surface area contributed by atoms with E-state index in [4.69, 9.17) is 0 Å². The molecule has 0 bridgehead atoms. The zero-order chi connectivity index (χ0) is 13.8. The predicted molar refractivity (Wildman–Crippen MR) is 81.3 cm³/mol. The third-order valence-corrected chi connectivity index (χ3v) is 4.67. The summed E-state index contributed by atoms with van der Waals surface area (Å²) in [6, 6.07) is 17.8. The summed E-state index contributed by atoms with van der Waals surface area (Å²) in [7, 11) is 0. The van der Waals surface area contributed by atoms with Crippen molar-refractivity contribution in [2.75, 3.05) is 0 Å². The summed E-state index contributed by atoms with van der Waals surface area (Å²) in [6.07, 6.45) is 7.01. The largest absolute Gasteiger partial charge is 0.207 e. The van der Waals surface area contributed by atoms with Gasteiger partial charge in [-0.1, -0.05) is 74.2 Å². The van der Waals surface area contributed by atoms with Crippen LogP contribution in [0, 0.1) is 5.82 Å². The Morgan fingerprint density at radius 2 is 1.30 bits per heavy atom. The molecular weight excluding hydrogens is 247 g/mol. The van der Waals surface area contributed by atoms with E-state index in [1.807, 2.05) is 18.2 Å². The van der Waals surface area contributed by atoms with Crippen LogP contribution >= 0.6 is 0 Å². The van der Waals surface area contributed by atoms with Crippen LogP contribution in [0.15, 0.2) is 54.6 Å². The van der Waals surface area contributed by atoms with Gasteiger partial charge in [0, 0.05) is 5.41 Å². The van der Waals surface area contributed by atoms with Crippen LogP contribution in [0.2, 0.25) is 0 Å². The Morgan fingerprint density at radius 3 is 1.95 bits per heavy atom. The van der Waals surface area contributed by atoms with Gasteiger partial charge in [-0.2, -0.15) is 0 Å². The SMILES string of the molecule is Fc1ccccc1C1(c2ccccc2)CCCCCC1. The van der Waals surface area contributed by atoms with Crippen molar-refractivity contribution in [3.63, 3.8) is 0 Å². The lowest BCUT2D eigenvalue weighted by molar-refractivity contribution is 0.422. The number of hydrogen-bond donors (Lipinski definition) is 0. The zero-order valence-corrected chi connectivity index (χ0v) is 11.8. The van der Waals surface area contributed by atoms with Gasteiger partial charge >= 0.3 is 0 Å². The van der Waals surface area contributed by atoms with Crippen molar-refractivity contribution < 1.29 is 4.39 Å². The molecule has 1 aliphatic rings. The molecule has 20 heavy (non-hydrogen) atoms. The van der Waals surface area contributed by atoms with E-state index in [1.165, 1.54) is 31.2 Å². The first-order valence-corrected chi connectivity index (χ1v) is 7.63. The normalized spacial score (nSPS) is 18.4. The van der Waals surface area contributed by atoms with Crippen molar-refractivity contribution >= 4 is 0 Å². The molecule has 3 rings (SSSR count). The Bertz CT molecular complexity index is 551. The molecule has 1 fully saturated rings. The summed E-state index contributed by atoms with van der Waals surface area (Å²) in [5, 5.41) is 0. The van der Waals surface area contributed by atoms with Crippen molar-refractivity contribution in [3.8, 4) is 0 Å². The minimum atomic E-state index is -0.136. The Labute approximate surface area is 120 Å². The molecule has 0 spiro atoms. The van der Waals surface area contributed by atoms with E-state index < -0.39 is 0 Å². The van der Waals surface area contributed by atoms with Crippen molar-refractivity contribution in [2.24, 2.45) is 0 Å². The summed E-state index contributed by atoms with van der Waals surface area (Å²) in [5.74, 6) is -0.0572. The second-order valence-corrected chi connectivity index (χ2v) is 5.84. The first-order chi connectivity index (χ1) is 9.83. The lowest BCUT2D eigenvalue weighted by Gasteiger charge is -2.34. The molecule has 0 nitrogen and oxygen atoms in total. The van der Waals surface area contributed by atoms with Crippen LogP contribution in [0.3, 0.4) is 0 Å². The van der Waals surface area contributed by atoms with E-state index in [-0.39, 0.29) is 11.2 Å². The Morgan fingerprint density at radius 1 is 0.700 bits per heavy atom. The zero-order valence-electron chi connectivity index (χ0n) is 11.8.